The molecule has 34 heavy (non-hydrogen) atoms. The zero-order valence-corrected chi connectivity index (χ0v) is 19.6. The molecule has 8 nitrogen and oxygen atoms in total. The van der Waals surface area contributed by atoms with Gasteiger partial charge in [0.15, 0.2) is 11.7 Å². The SMILES string of the molecule is C=C(CCOCc1ccccc1)N=C(c1[nH]c(Nc2cccc(C)c2)nc1N)N1CCOCC1. The van der Waals surface area contributed by atoms with Crippen molar-refractivity contribution in [3.8, 4) is 0 Å². The number of amidine groups is 1. The summed E-state index contributed by atoms with van der Waals surface area (Å²) < 4.78 is 11.3. The molecule has 0 bridgehead atoms. The quantitative estimate of drug-likeness (QED) is 0.251. The number of rotatable bonds is 9. The van der Waals surface area contributed by atoms with Gasteiger partial charge in [-0.3, -0.25) is 0 Å². The molecule has 0 saturated carbocycles. The predicted molar refractivity (Wildman–Crippen MR) is 136 cm³/mol. The first-order valence-corrected chi connectivity index (χ1v) is 11.5. The van der Waals surface area contributed by atoms with E-state index in [0.717, 1.165) is 41.4 Å². The summed E-state index contributed by atoms with van der Waals surface area (Å²) in [6.45, 7) is 10.0. The Morgan fingerprint density at radius 1 is 1.21 bits per heavy atom. The maximum atomic E-state index is 6.32. The largest absolute Gasteiger partial charge is 0.382 e. The lowest BCUT2D eigenvalue weighted by Crippen LogP contribution is -2.41. The number of H-pyrrole nitrogens is 1. The minimum absolute atomic E-state index is 0.383. The van der Waals surface area contributed by atoms with E-state index >= 15 is 0 Å². The number of aryl methyl sites for hydroxylation is 1. The highest BCUT2D eigenvalue weighted by molar-refractivity contribution is 6.02. The minimum atomic E-state index is 0.383. The number of hydrogen-bond acceptors (Lipinski definition) is 6. The van der Waals surface area contributed by atoms with Gasteiger partial charge < -0.3 is 30.4 Å². The number of nitrogens with zero attached hydrogens (tertiary/aromatic N) is 3. The first-order valence-electron chi connectivity index (χ1n) is 11.5. The van der Waals surface area contributed by atoms with Gasteiger partial charge in [-0.15, -0.1) is 0 Å². The van der Waals surface area contributed by atoms with E-state index in [1.165, 1.54) is 0 Å². The summed E-state index contributed by atoms with van der Waals surface area (Å²) in [7, 11) is 0. The third-order valence-corrected chi connectivity index (χ3v) is 5.46. The molecule has 0 spiro atoms. The second-order valence-corrected chi connectivity index (χ2v) is 8.23. The average Bonchev–Trinajstić information content (AvgIpc) is 3.21. The topological polar surface area (TPSA) is 101 Å². The van der Waals surface area contributed by atoms with Crippen molar-refractivity contribution in [1.29, 1.82) is 0 Å². The zero-order chi connectivity index (χ0) is 23.8. The lowest BCUT2D eigenvalue weighted by atomic mass is 10.2. The lowest BCUT2D eigenvalue weighted by Gasteiger charge is -2.29. The fourth-order valence-corrected chi connectivity index (χ4v) is 3.70. The van der Waals surface area contributed by atoms with Crippen molar-refractivity contribution in [2.24, 2.45) is 4.99 Å². The summed E-state index contributed by atoms with van der Waals surface area (Å²) in [5.41, 5.74) is 10.9. The number of aliphatic imine (C=N–C) groups is 1. The van der Waals surface area contributed by atoms with Crippen LogP contribution in [0.1, 0.15) is 23.2 Å². The van der Waals surface area contributed by atoms with Crippen molar-refractivity contribution in [1.82, 2.24) is 14.9 Å². The highest BCUT2D eigenvalue weighted by atomic mass is 16.5. The Hall–Kier alpha value is -3.62. The second-order valence-electron chi connectivity index (χ2n) is 8.23. The molecule has 3 aromatic rings. The molecule has 1 aliphatic heterocycles. The number of aromatic nitrogens is 2. The van der Waals surface area contributed by atoms with Crippen molar-refractivity contribution in [3.63, 3.8) is 0 Å². The average molecular weight is 461 g/mol. The molecule has 1 fully saturated rings. The Morgan fingerprint density at radius 2 is 2.00 bits per heavy atom. The summed E-state index contributed by atoms with van der Waals surface area (Å²) in [5.74, 6) is 1.67. The first-order chi connectivity index (χ1) is 16.6. The monoisotopic (exact) mass is 460 g/mol. The van der Waals surface area contributed by atoms with Crippen molar-refractivity contribution in [3.05, 3.63) is 83.7 Å². The maximum absolute atomic E-state index is 6.32. The van der Waals surface area contributed by atoms with Crippen LogP contribution in [-0.4, -0.2) is 53.6 Å². The molecule has 0 atom stereocenters. The molecule has 2 heterocycles. The Balaban J connectivity index is 1.46. The van der Waals surface area contributed by atoms with E-state index in [2.05, 4.69) is 26.8 Å². The Labute approximate surface area is 200 Å². The summed E-state index contributed by atoms with van der Waals surface area (Å²) >= 11 is 0. The smallest absolute Gasteiger partial charge is 0.207 e. The standard InChI is InChI=1S/C26H32N6O2/c1-19-7-6-10-22(17-19)29-26-30-23(24(27)31-26)25(32-12-15-33-16-13-32)28-20(2)11-14-34-18-21-8-4-3-5-9-21/h3-10,17H,2,11-16,18,27H2,1H3,(H2,29,30,31). The number of benzene rings is 2. The highest BCUT2D eigenvalue weighted by Crippen LogP contribution is 2.21. The third-order valence-electron chi connectivity index (χ3n) is 5.46. The zero-order valence-electron chi connectivity index (χ0n) is 19.6. The van der Waals surface area contributed by atoms with E-state index in [4.69, 9.17) is 20.2 Å². The van der Waals surface area contributed by atoms with E-state index in [-0.39, 0.29) is 0 Å². The molecule has 0 amide bonds. The van der Waals surface area contributed by atoms with Crippen LogP contribution >= 0.6 is 0 Å². The van der Waals surface area contributed by atoms with Crippen LogP contribution in [0.2, 0.25) is 0 Å². The number of anilines is 3. The number of nitrogens with one attached hydrogen (secondary N) is 2. The summed E-state index contributed by atoms with van der Waals surface area (Å²) in [5, 5.41) is 3.29. The van der Waals surface area contributed by atoms with Crippen LogP contribution in [0.25, 0.3) is 0 Å². The van der Waals surface area contributed by atoms with E-state index in [1.54, 1.807) is 0 Å². The molecular formula is C26H32N6O2. The van der Waals surface area contributed by atoms with Crippen LogP contribution in [-0.2, 0) is 16.1 Å². The van der Waals surface area contributed by atoms with Gasteiger partial charge in [0.1, 0.15) is 5.69 Å². The van der Waals surface area contributed by atoms with Gasteiger partial charge in [-0.1, -0.05) is 49.0 Å². The summed E-state index contributed by atoms with van der Waals surface area (Å²) in [6.07, 6.45) is 0.614. The van der Waals surface area contributed by atoms with Crippen LogP contribution in [0.3, 0.4) is 0 Å². The van der Waals surface area contributed by atoms with Gasteiger partial charge in [0.2, 0.25) is 5.95 Å². The molecule has 4 N–H and O–H groups in total. The van der Waals surface area contributed by atoms with Crippen molar-refractivity contribution in [2.45, 2.75) is 20.0 Å². The number of nitrogens with two attached hydrogens (primary N) is 1. The molecule has 4 rings (SSSR count). The summed E-state index contributed by atoms with van der Waals surface area (Å²) in [6, 6.07) is 18.2. The van der Waals surface area contributed by atoms with Gasteiger partial charge in [-0.25, -0.2) is 4.99 Å². The molecule has 2 aromatic carbocycles. The fraction of sp³-hybridized carbons (Fsp3) is 0.308. The van der Waals surface area contributed by atoms with Gasteiger partial charge in [-0.2, -0.15) is 4.98 Å². The van der Waals surface area contributed by atoms with Crippen molar-refractivity contribution in [2.75, 3.05) is 44.0 Å². The predicted octanol–water partition coefficient (Wildman–Crippen LogP) is 4.24. The number of aromatic amines is 1. The van der Waals surface area contributed by atoms with Gasteiger partial charge in [0.05, 0.1) is 26.4 Å². The molecule has 0 unspecified atom stereocenters. The lowest BCUT2D eigenvalue weighted by molar-refractivity contribution is 0.0681. The molecule has 178 valence electrons. The van der Waals surface area contributed by atoms with Gasteiger partial charge in [0.25, 0.3) is 0 Å². The van der Waals surface area contributed by atoms with Crippen LogP contribution in [0.5, 0.6) is 0 Å². The maximum Gasteiger partial charge on any atom is 0.207 e. The second kappa shape index (κ2) is 11.5. The van der Waals surface area contributed by atoms with Crippen molar-refractivity contribution < 1.29 is 9.47 Å². The summed E-state index contributed by atoms with van der Waals surface area (Å²) in [4.78, 5) is 14.8. The Morgan fingerprint density at radius 3 is 2.76 bits per heavy atom. The fourth-order valence-electron chi connectivity index (χ4n) is 3.70. The van der Waals surface area contributed by atoms with Crippen LogP contribution in [0, 0.1) is 6.92 Å². The van der Waals surface area contributed by atoms with E-state index in [1.807, 2.05) is 61.5 Å². The van der Waals surface area contributed by atoms with Crippen LogP contribution in [0.4, 0.5) is 17.5 Å². The van der Waals surface area contributed by atoms with E-state index in [0.29, 0.717) is 50.3 Å². The molecular weight excluding hydrogens is 428 g/mol. The molecule has 1 aliphatic rings. The third kappa shape index (κ3) is 6.46. The first kappa shape index (κ1) is 23.5. The van der Waals surface area contributed by atoms with Gasteiger partial charge in [-0.05, 0) is 30.2 Å². The number of hydrogen-bond donors (Lipinski definition) is 3. The van der Waals surface area contributed by atoms with Gasteiger partial charge in [0, 0.05) is 30.9 Å². The van der Waals surface area contributed by atoms with Crippen LogP contribution < -0.4 is 11.1 Å². The molecule has 0 radical (unpaired) electrons. The molecule has 0 aliphatic carbocycles. The Bertz CT molecular complexity index is 1120. The molecule has 8 heteroatoms. The minimum Gasteiger partial charge on any atom is -0.382 e. The van der Waals surface area contributed by atoms with E-state index in [9.17, 15) is 0 Å². The van der Waals surface area contributed by atoms with Crippen molar-refractivity contribution >= 4 is 23.3 Å². The molecule has 1 saturated heterocycles. The number of morpholine rings is 1. The number of ether oxygens (including phenoxy) is 2. The van der Waals surface area contributed by atoms with E-state index < -0.39 is 0 Å². The number of nitrogen functional groups attached to an aromatic ring is 1. The number of imidazole rings is 1. The van der Waals surface area contributed by atoms with Gasteiger partial charge >= 0.3 is 0 Å². The normalized spacial score (nSPS) is 14.3. The van der Waals surface area contributed by atoms with Crippen LogP contribution in [0.15, 0.2) is 71.9 Å². The highest BCUT2D eigenvalue weighted by Gasteiger charge is 2.22. The molecule has 1 aromatic heterocycles. The Kier molecular flexibility index (Phi) is 7.95.